The quantitative estimate of drug-likeness (QED) is 0.401. The van der Waals surface area contributed by atoms with Crippen LogP contribution < -0.4 is 10.0 Å². The maximum absolute atomic E-state index is 13.7. The number of hydrogen-bond donors (Lipinski definition) is 2. The van der Waals surface area contributed by atoms with Gasteiger partial charge in [-0.2, -0.15) is 12.7 Å². The van der Waals surface area contributed by atoms with E-state index in [1.807, 2.05) is 4.72 Å². The van der Waals surface area contributed by atoms with Gasteiger partial charge in [0.1, 0.15) is 5.69 Å². The largest absolute Gasteiger partial charge is 0.462 e. The molecule has 0 bridgehead atoms. The van der Waals surface area contributed by atoms with Gasteiger partial charge in [-0.3, -0.25) is 9.59 Å². The molecule has 1 fully saturated rings. The van der Waals surface area contributed by atoms with Crippen LogP contribution in [0.1, 0.15) is 53.1 Å². The summed E-state index contributed by atoms with van der Waals surface area (Å²) in [5.41, 5.74) is 0.937. The average Bonchev–Trinajstić information content (AvgIpc) is 3.23. The summed E-state index contributed by atoms with van der Waals surface area (Å²) in [6, 6.07) is 11.8. The Labute approximate surface area is 236 Å². The van der Waals surface area contributed by atoms with Gasteiger partial charge in [0.2, 0.25) is 5.91 Å². The number of piperidine rings is 1. The van der Waals surface area contributed by atoms with Crippen molar-refractivity contribution in [2.24, 2.45) is 7.05 Å². The lowest BCUT2D eigenvalue weighted by molar-refractivity contribution is -0.117. The Morgan fingerprint density at radius 1 is 1.08 bits per heavy atom. The van der Waals surface area contributed by atoms with Crippen molar-refractivity contribution in [1.82, 2.24) is 18.9 Å². The Bertz CT molecular complexity index is 1560. The number of ether oxygens (including phenoxy) is 1. The Morgan fingerprint density at radius 2 is 1.77 bits per heavy atom. The van der Waals surface area contributed by atoms with Gasteiger partial charge < -0.3 is 14.6 Å². The molecular weight excluding hydrogens is 567 g/mol. The zero-order chi connectivity index (χ0) is 28.5. The van der Waals surface area contributed by atoms with E-state index in [0.29, 0.717) is 37.8 Å². The first-order valence-electron chi connectivity index (χ1n) is 12.2. The second-order valence-electron chi connectivity index (χ2n) is 9.28. The zero-order valence-electron chi connectivity index (χ0n) is 21.6. The predicted molar refractivity (Wildman–Crippen MR) is 148 cm³/mol. The van der Waals surface area contributed by atoms with Crippen LogP contribution in [0.15, 0.2) is 42.5 Å². The van der Waals surface area contributed by atoms with Crippen molar-refractivity contribution in [3.8, 4) is 0 Å². The fourth-order valence-corrected chi connectivity index (χ4v) is 6.38. The van der Waals surface area contributed by atoms with Gasteiger partial charge in [-0.1, -0.05) is 35.3 Å². The van der Waals surface area contributed by atoms with Gasteiger partial charge in [0.25, 0.3) is 5.91 Å². The third kappa shape index (κ3) is 5.76. The number of nitrogens with one attached hydrogen (secondary N) is 2. The number of rotatable bonds is 7. The maximum Gasteiger partial charge on any atom is 0.338 e. The molecule has 2 heterocycles. The normalized spacial score (nSPS) is 15.6. The number of aryl methyl sites for hydroxylation is 1. The van der Waals surface area contributed by atoms with Crippen LogP contribution in [0, 0.1) is 0 Å². The van der Waals surface area contributed by atoms with E-state index in [9.17, 15) is 22.8 Å². The van der Waals surface area contributed by atoms with E-state index in [-0.39, 0.29) is 32.5 Å². The second kappa shape index (κ2) is 11.2. The predicted octanol–water partition coefficient (Wildman–Crippen LogP) is 3.76. The summed E-state index contributed by atoms with van der Waals surface area (Å²) in [4.78, 5) is 37.6. The van der Waals surface area contributed by atoms with E-state index in [1.165, 1.54) is 0 Å². The van der Waals surface area contributed by atoms with Crippen LogP contribution in [-0.4, -0.2) is 54.8 Å². The molecule has 0 aliphatic carbocycles. The van der Waals surface area contributed by atoms with Crippen LogP contribution >= 0.6 is 23.2 Å². The lowest BCUT2D eigenvalue weighted by atomic mass is 9.80. The van der Waals surface area contributed by atoms with Gasteiger partial charge in [0.05, 0.1) is 27.8 Å². The van der Waals surface area contributed by atoms with E-state index in [2.05, 4.69) is 5.32 Å². The lowest BCUT2D eigenvalue weighted by Crippen LogP contribution is -2.56. The summed E-state index contributed by atoms with van der Waals surface area (Å²) in [7, 11) is -2.31. The fraction of sp³-hybridized carbons (Fsp3) is 0.346. The summed E-state index contributed by atoms with van der Waals surface area (Å²) in [5, 5.41) is 4.43. The van der Waals surface area contributed by atoms with Crippen LogP contribution in [0.4, 0.5) is 0 Å². The van der Waals surface area contributed by atoms with Crippen molar-refractivity contribution in [1.29, 1.82) is 0 Å². The van der Waals surface area contributed by atoms with Crippen molar-refractivity contribution >= 4 is 62.1 Å². The highest BCUT2D eigenvalue weighted by atomic mass is 35.5. The smallest absolute Gasteiger partial charge is 0.338 e. The van der Waals surface area contributed by atoms with Gasteiger partial charge in [-0.05, 0) is 55.7 Å². The van der Waals surface area contributed by atoms with E-state index >= 15 is 0 Å². The molecule has 0 radical (unpaired) electrons. The highest BCUT2D eigenvalue weighted by Crippen LogP contribution is 2.36. The number of benzene rings is 2. The highest BCUT2D eigenvalue weighted by Gasteiger charge is 2.41. The van der Waals surface area contributed by atoms with Gasteiger partial charge in [0, 0.05) is 38.0 Å². The van der Waals surface area contributed by atoms with Gasteiger partial charge in [0.15, 0.2) is 0 Å². The summed E-state index contributed by atoms with van der Waals surface area (Å²) in [6.45, 7) is 3.06. The average molecular weight is 596 g/mol. The Hall–Kier alpha value is -3.12. The highest BCUT2D eigenvalue weighted by molar-refractivity contribution is 7.87. The minimum absolute atomic E-state index is 0.0169. The fourth-order valence-electron chi connectivity index (χ4n) is 4.85. The van der Waals surface area contributed by atoms with Crippen LogP contribution in [0.25, 0.3) is 10.9 Å². The molecule has 39 heavy (non-hydrogen) atoms. The SMILES string of the molecule is CCOC(=O)c1cccc(C2(NC(=O)c3cc4c(Cl)c(Cl)ccc4n3C)CCN(S(=O)(=O)NC(C)=O)CC2)c1. The number of nitrogens with zero attached hydrogens (tertiary/aromatic N) is 2. The van der Waals surface area contributed by atoms with E-state index in [0.717, 1.165) is 11.2 Å². The number of esters is 1. The molecular formula is C26H28Cl2N4O6S. The number of halogens is 2. The monoisotopic (exact) mass is 594 g/mol. The number of aromatic nitrogens is 1. The van der Waals surface area contributed by atoms with E-state index < -0.39 is 33.5 Å². The minimum atomic E-state index is -4.04. The molecule has 1 saturated heterocycles. The molecule has 0 spiro atoms. The lowest BCUT2D eigenvalue weighted by Gasteiger charge is -2.42. The Morgan fingerprint density at radius 3 is 2.41 bits per heavy atom. The van der Waals surface area contributed by atoms with Crippen LogP contribution in [-0.2, 0) is 32.3 Å². The molecule has 1 aromatic heterocycles. The summed E-state index contributed by atoms with van der Waals surface area (Å²) in [6.07, 6.45) is 0.362. The molecule has 208 valence electrons. The van der Waals surface area contributed by atoms with Crippen molar-refractivity contribution in [3.05, 3.63) is 69.3 Å². The van der Waals surface area contributed by atoms with Crippen molar-refractivity contribution < 1.29 is 27.5 Å². The molecule has 0 saturated carbocycles. The number of amides is 2. The number of hydrogen-bond acceptors (Lipinski definition) is 6. The molecule has 4 rings (SSSR count). The van der Waals surface area contributed by atoms with Crippen molar-refractivity contribution in [3.63, 3.8) is 0 Å². The molecule has 0 atom stereocenters. The third-order valence-corrected chi connectivity index (χ3v) is 9.22. The number of fused-ring (bicyclic) bond motifs is 1. The standard InChI is InChI=1S/C26H28Cl2N4O6S/c1-4-38-25(35)17-6-5-7-18(14-17)26(10-12-32(13-11-26)39(36,37)30-16(2)33)29-24(34)22-15-19-21(31(22)3)9-8-20(27)23(19)28/h5-9,14-15H,4,10-13H2,1-3H3,(H,29,34)(H,30,33). The topological polar surface area (TPSA) is 127 Å². The molecule has 1 aliphatic heterocycles. The van der Waals surface area contributed by atoms with Crippen molar-refractivity contribution in [2.75, 3.05) is 19.7 Å². The number of carbonyl (C=O) groups is 3. The maximum atomic E-state index is 13.7. The molecule has 3 aromatic rings. The molecule has 10 nitrogen and oxygen atoms in total. The molecule has 2 aromatic carbocycles. The molecule has 1 aliphatic rings. The summed E-state index contributed by atoms with van der Waals surface area (Å²) < 4.78 is 35.2. The van der Waals surface area contributed by atoms with Gasteiger partial charge >= 0.3 is 16.2 Å². The van der Waals surface area contributed by atoms with Crippen molar-refractivity contribution in [2.45, 2.75) is 32.2 Å². The van der Waals surface area contributed by atoms with Gasteiger partial charge in [-0.25, -0.2) is 9.52 Å². The summed E-state index contributed by atoms with van der Waals surface area (Å²) >= 11 is 12.6. The first-order valence-corrected chi connectivity index (χ1v) is 14.4. The Balaban J connectivity index is 1.72. The first-order chi connectivity index (χ1) is 18.4. The molecule has 2 N–H and O–H groups in total. The van der Waals surface area contributed by atoms with E-state index in [4.69, 9.17) is 27.9 Å². The van der Waals surface area contributed by atoms with E-state index in [1.54, 1.807) is 61.0 Å². The third-order valence-electron chi connectivity index (χ3n) is 6.81. The van der Waals surface area contributed by atoms with Crippen LogP contribution in [0.3, 0.4) is 0 Å². The molecule has 0 unspecified atom stereocenters. The zero-order valence-corrected chi connectivity index (χ0v) is 23.9. The molecule has 13 heteroatoms. The first kappa shape index (κ1) is 28.9. The van der Waals surface area contributed by atoms with Crippen LogP contribution in [0.2, 0.25) is 10.0 Å². The Kier molecular flexibility index (Phi) is 8.27. The summed E-state index contributed by atoms with van der Waals surface area (Å²) in [5.74, 6) is -1.62. The van der Waals surface area contributed by atoms with Gasteiger partial charge in [-0.15, -0.1) is 0 Å². The number of carbonyl (C=O) groups excluding carboxylic acids is 3. The molecule has 2 amide bonds. The minimum Gasteiger partial charge on any atom is -0.462 e. The second-order valence-corrected chi connectivity index (χ2v) is 11.7. The van der Waals surface area contributed by atoms with Crippen LogP contribution in [0.5, 0.6) is 0 Å².